The molecular formula is C19H30N4O3S. The van der Waals surface area contributed by atoms with Gasteiger partial charge in [0.15, 0.2) is 0 Å². The molecular weight excluding hydrogens is 364 g/mol. The van der Waals surface area contributed by atoms with Crippen LogP contribution in [0.3, 0.4) is 0 Å². The minimum Gasteiger partial charge on any atom is -0.378 e. The summed E-state index contributed by atoms with van der Waals surface area (Å²) in [4.78, 5) is 33.4. The molecule has 3 rings (SSSR count). The molecule has 1 aromatic heterocycles. The molecule has 1 amide bonds. The van der Waals surface area contributed by atoms with Crippen molar-refractivity contribution in [3.05, 3.63) is 21.7 Å². The molecule has 0 radical (unpaired) electrons. The molecule has 1 saturated heterocycles. The fourth-order valence-corrected chi connectivity index (χ4v) is 4.66. The monoisotopic (exact) mass is 394 g/mol. The van der Waals surface area contributed by atoms with E-state index >= 15 is 0 Å². The number of carbonyl (C=O) groups excluding carboxylic acids is 1. The van der Waals surface area contributed by atoms with Gasteiger partial charge in [0.1, 0.15) is 5.03 Å². The van der Waals surface area contributed by atoms with Crippen LogP contribution in [0.15, 0.2) is 9.82 Å². The first kappa shape index (κ1) is 20.4. The molecule has 0 atom stereocenters. The van der Waals surface area contributed by atoms with E-state index in [-0.39, 0.29) is 11.6 Å². The maximum absolute atomic E-state index is 12.6. The minimum absolute atomic E-state index is 0.102. The van der Waals surface area contributed by atoms with Crippen molar-refractivity contribution in [3.8, 4) is 0 Å². The van der Waals surface area contributed by atoms with Crippen molar-refractivity contribution in [2.24, 2.45) is 0 Å². The summed E-state index contributed by atoms with van der Waals surface area (Å²) < 4.78 is 7.17. The smallest absolute Gasteiger partial charge is 0.348 e. The lowest BCUT2D eigenvalue weighted by molar-refractivity contribution is -0.132. The molecule has 0 unspecified atom stereocenters. The summed E-state index contributed by atoms with van der Waals surface area (Å²) in [7, 11) is 4.09. The van der Waals surface area contributed by atoms with E-state index in [0.29, 0.717) is 38.6 Å². The SMILES string of the molecule is CN(C)CCCn1c2c(c(SCC(=O)N3CCOCC3)nc1=O)CCCC2. The van der Waals surface area contributed by atoms with Crippen LogP contribution in [0.25, 0.3) is 0 Å². The highest BCUT2D eigenvalue weighted by Crippen LogP contribution is 2.28. The van der Waals surface area contributed by atoms with Gasteiger partial charge in [0.2, 0.25) is 5.91 Å². The Kier molecular flexibility index (Phi) is 7.32. The normalized spacial score (nSPS) is 17.2. The van der Waals surface area contributed by atoms with Gasteiger partial charge in [-0.1, -0.05) is 11.8 Å². The summed E-state index contributed by atoms with van der Waals surface area (Å²) in [5.41, 5.74) is 2.16. The lowest BCUT2D eigenvalue weighted by Gasteiger charge is -2.27. The van der Waals surface area contributed by atoms with Crippen molar-refractivity contribution in [2.75, 3.05) is 52.7 Å². The average Bonchev–Trinajstić information content (AvgIpc) is 2.68. The molecule has 2 heterocycles. The van der Waals surface area contributed by atoms with Crippen LogP contribution in [0.4, 0.5) is 0 Å². The zero-order chi connectivity index (χ0) is 19.2. The van der Waals surface area contributed by atoms with Crippen molar-refractivity contribution in [2.45, 2.75) is 43.7 Å². The molecule has 8 heteroatoms. The van der Waals surface area contributed by atoms with Gasteiger partial charge in [-0.2, -0.15) is 4.98 Å². The number of thioether (sulfide) groups is 1. The van der Waals surface area contributed by atoms with Gasteiger partial charge in [0, 0.05) is 30.9 Å². The van der Waals surface area contributed by atoms with Crippen LogP contribution in [-0.4, -0.2) is 78.0 Å². The highest BCUT2D eigenvalue weighted by molar-refractivity contribution is 7.99. The maximum Gasteiger partial charge on any atom is 0.348 e. The van der Waals surface area contributed by atoms with E-state index in [4.69, 9.17) is 4.74 Å². The van der Waals surface area contributed by atoms with E-state index in [0.717, 1.165) is 49.4 Å². The number of amides is 1. The number of aromatic nitrogens is 2. The first-order valence-corrected chi connectivity index (χ1v) is 10.8. The molecule has 0 aromatic carbocycles. The molecule has 0 spiro atoms. The first-order chi connectivity index (χ1) is 13.1. The van der Waals surface area contributed by atoms with Gasteiger partial charge >= 0.3 is 5.69 Å². The zero-order valence-corrected chi connectivity index (χ0v) is 17.2. The fourth-order valence-electron chi connectivity index (χ4n) is 3.68. The lowest BCUT2D eigenvalue weighted by Crippen LogP contribution is -2.41. The molecule has 0 N–H and O–H groups in total. The van der Waals surface area contributed by atoms with E-state index < -0.39 is 0 Å². The summed E-state index contributed by atoms with van der Waals surface area (Å²) in [5, 5.41) is 0.764. The van der Waals surface area contributed by atoms with Crippen molar-refractivity contribution in [1.82, 2.24) is 19.4 Å². The third-order valence-corrected chi connectivity index (χ3v) is 6.14. The fraction of sp³-hybridized carbons (Fsp3) is 0.737. The Morgan fingerprint density at radius 2 is 1.96 bits per heavy atom. The van der Waals surface area contributed by atoms with Crippen LogP contribution < -0.4 is 5.69 Å². The molecule has 0 saturated carbocycles. The molecule has 2 aliphatic rings. The molecule has 1 fully saturated rings. The van der Waals surface area contributed by atoms with E-state index in [9.17, 15) is 9.59 Å². The van der Waals surface area contributed by atoms with Gasteiger partial charge in [-0.05, 0) is 52.7 Å². The summed E-state index contributed by atoms with van der Waals surface area (Å²) in [5.74, 6) is 0.439. The van der Waals surface area contributed by atoms with Crippen molar-refractivity contribution < 1.29 is 9.53 Å². The van der Waals surface area contributed by atoms with Gasteiger partial charge < -0.3 is 14.5 Å². The Labute approximate surface area is 165 Å². The van der Waals surface area contributed by atoms with Crippen LogP contribution >= 0.6 is 11.8 Å². The number of carbonyl (C=O) groups is 1. The van der Waals surface area contributed by atoms with Gasteiger partial charge in [-0.3, -0.25) is 9.36 Å². The summed E-state index contributed by atoms with van der Waals surface area (Å²) in [6, 6.07) is 0. The molecule has 0 bridgehead atoms. The predicted octanol–water partition coefficient (Wildman–Crippen LogP) is 1.02. The third kappa shape index (κ3) is 5.33. The van der Waals surface area contributed by atoms with Crippen LogP contribution in [0, 0.1) is 0 Å². The Hall–Kier alpha value is -1.38. The number of fused-ring (bicyclic) bond motifs is 1. The highest BCUT2D eigenvalue weighted by atomic mass is 32.2. The number of hydrogen-bond acceptors (Lipinski definition) is 6. The van der Waals surface area contributed by atoms with Gasteiger partial charge in [0.05, 0.1) is 19.0 Å². The summed E-state index contributed by atoms with van der Waals surface area (Å²) in [6.07, 6.45) is 5.05. The van der Waals surface area contributed by atoms with Crippen LogP contribution in [0.2, 0.25) is 0 Å². The molecule has 1 aliphatic heterocycles. The number of hydrogen-bond donors (Lipinski definition) is 0. The Bertz CT molecular complexity index is 714. The Morgan fingerprint density at radius 1 is 1.22 bits per heavy atom. The minimum atomic E-state index is -0.171. The van der Waals surface area contributed by atoms with Gasteiger partial charge in [-0.25, -0.2) is 4.79 Å². The second-order valence-electron chi connectivity index (χ2n) is 7.42. The number of nitrogens with zero attached hydrogens (tertiary/aromatic N) is 4. The van der Waals surface area contributed by atoms with Gasteiger partial charge in [-0.15, -0.1) is 0 Å². The quantitative estimate of drug-likeness (QED) is 0.508. The van der Waals surface area contributed by atoms with E-state index in [1.165, 1.54) is 17.3 Å². The van der Waals surface area contributed by atoms with Crippen LogP contribution in [-0.2, 0) is 28.9 Å². The Balaban J connectivity index is 1.72. The standard InChI is InChI=1S/C19H30N4O3S/c1-21(2)8-5-9-23-16-7-4-3-6-15(16)18(20-19(23)25)27-14-17(24)22-10-12-26-13-11-22/h3-14H2,1-2H3. The predicted molar refractivity (Wildman–Crippen MR) is 106 cm³/mol. The highest BCUT2D eigenvalue weighted by Gasteiger charge is 2.22. The van der Waals surface area contributed by atoms with Gasteiger partial charge in [0.25, 0.3) is 0 Å². The largest absolute Gasteiger partial charge is 0.378 e. The number of morpholine rings is 1. The zero-order valence-electron chi connectivity index (χ0n) is 16.4. The van der Waals surface area contributed by atoms with Crippen molar-refractivity contribution in [1.29, 1.82) is 0 Å². The van der Waals surface area contributed by atoms with E-state index in [2.05, 4.69) is 9.88 Å². The van der Waals surface area contributed by atoms with Crippen LogP contribution in [0.5, 0.6) is 0 Å². The first-order valence-electron chi connectivity index (χ1n) is 9.82. The van der Waals surface area contributed by atoms with Crippen LogP contribution in [0.1, 0.15) is 30.5 Å². The molecule has 150 valence electrons. The second-order valence-corrected chi connectivity index (χ2v) is 8.39. The second kappa shape index (κ2) is 9.71. The molecule has 27 heavy (non-hydrogen) atoms. The third-order valence-electron chi connectivity index (χ3n) is 5.13. The maximum atomic E-state index is 12.6. The Morgan fingerprint density at radius 3 is 2.70 bits per heavy atom. The molecule has 7 nitrogen and oxygen atoms in total. The number of ether oxygens (including phenoxy) is 1. The van der Waals surface area contributed by atoms with E-state index in [1.807, 2.05) is 23.6 Å². The summed E-state index contributed by atoms with van der Waals surface area (Å²) in [6.45, 7) is 4.17. The lowest BCUT2D eigenvalue weighted by atomic mass is 9.97. The number of rotatable bonds is 7. The molecule has 1 aromatic rings. The van der Waals surface area contributed by atoms with Crippen molar-refractivity contribution >= 4 is 17.7 Å². The average molecular weight is 395 g/mol. The van der Waals surface area contributed by atoms with Crippen molar-refractivity contribution in [3.63, 3.8) is 0 Å². The molecule has 1 aliphatic carbocycles. The van der Waals surface area contributed by atoms with E-state index in [1.54, 1.807) is 0 Å². The summed E-state index contributed by atoms with van der Waals surface area (Å²) >= 11 is 1.42. The topological polar surface area (TPSA) is 67.7 Å².